The van der Waals surface area contributed by atoms with Crippen LogP contribution in [0.25, 0.3) is 0 Å². The predicted octanol–water partition coefficient (Wildman–Crippen LogP) is 3.41. The van der Waals surface area contributed by atoms with Crippen molar-refractivity contribution in [3.63, 3.8) is 0 Å². The minimum Gasteiger partial charge on any atom is -0.493 e. The second kappa shape index (κ2) is 13.3. The van der Waals surface area contributed by atoms with Gasteiger partial charge in [0, 0.05) is 31.7 Å². The third kappa shape index (κ3) is 7.12. The summed E-state index contributed by atoms with van der Waals surface area (Å²) in [6.07, 6.45) is 6.44. The molecule has 1 saturated carbocycles. The molecule has 0 atom stereocenters. The smallest absolute Gasteiger partial charge is 0.191 e. The van der Waals surface area contributed by atoms with Crippen LogP contribution in [0.1, 0.15) is 44.6 Å². The molecule has 1 aromatic carbocycles. The molecule has 2 aliphatic rings. The number of aliphatic imine (C=N–C) groups is 1. The van der Waals surface area contributed by atoms with Crippen LogP contribution in [-0.2, 0) is 11.3 Å². The summed E-state index contributed by atoms with van der Waals surface area (Å²) in [5.74, 6) is 2.34. The number of guanidine groups is 1. The Hall–Kier alpha value is -1.26. The minimum absolute atomic E-state index is 0. The maximum Gasteiger partial charge on any atom is 0.191 e. The molecule has 1 heterocycles. The zero-order chi connectivity index (χ0) is 21.2. The molecule has 1 aliphatic heterocycles. The number of nitrogens with zero attached hydrogens (tertiary/aromatic N) is 2. The Morgan fingerprint density at radius 1 is 1.06 bits per heavy atom. The summed E-state index contributed by atoms with van der Waals surface area (Å²) in [4.78, 5) is 7.48. The Morgan fingerprint density at radius 3 is 2.42 bits per heavy atom. The van der Waals surface area contributed by atoms with Gasteiger partial charge in [0.15, 0.2) is 17.5 Å². The fourth-order valence-corrected chi connectivity index (χ4v) is 4.59. The number of benzene rings is 1. The number of morpholine rings is 1. The fraction of sp³-hybridized carbons (Fsp3) is 0.696. The van der Waals surface area contributed by atoms with Crippen molar-refractivity contribution >= 4 is 29.9 Å². The first-order valence-electron chi connectivity index (χ1n) is 11.3. The molecule has 3 rings (SSSR count). The van der Waals surface area contributed by atoms with E-state index in [2.05, 4.69) is 22.5 Å². The second-order valence-corrected chi connectivity index (χ2v) is 8.12. The topological polar surface area (TPSA) is 67.4 Å². The highest BCUT2D eigenvalue weighted by Crippen LogP contribution is 2.34. The molecular formula is C23H39IN4O3. The highest BCUT2D eigenvalue weighted by molar-refractivity contribution is 14.0. The number of rotatable bonds is 8. The molecule has 2 N–H and O–H groups in total. The lowest BCUT2D eigenvalue weighted by molar-refractivity contribution is -0.0352. The van der Waals surface area contributed by atoms with Gasteiger partial charge in [-0.15, -0.1) is 24.0 Å². The molecule has 0 radical (unpaired) electrons. The predicted molar refractivity (Wildman–Crippen MR) is 136 cm³/mol. The standard InChI is InChI=1S/C23H38N4O3.HI/c1-4-24-22(25-17-19-8-9-20(28-2)21(16-19)29-3)26-18-23(10-6-5-7-11-23)27-12-14-30-15-13-27;/h8-9,16H,4-7,10-15,17-18H2,1-3H3,(H2,24,25,26);1H. The van der Waals surface area contributed by atoms with Crippen molar-refractivity contribution in [2.45, 2.75) is 51.1 Å². The Labute approximate surface area is 204 Å². The van der Waals surface area contributed by atoms with Gasteiger partial charge in [-0.3, -0.25) is 4.90 Å². The lowest BCUT2D eigenvalue weighted by Crippen LogP contribution is -2.60. The largest absolute Gasteiger partial charge is 0.493 e. The van der Waals surface area contributed by atoms with E-state index in [0.29, 0.717) is 6.54 Å². The van der Waals surface area contributed by atoms with E-state index < -0.39 is 0 Å². The summed E-state index contributed by atoms with van der Waals surface area (Å²) in [7, 11) is 3.31. The van der Waals surface area contributed by atoms with E-state index in [1.54, 1.807) is 14.2 Å². The van der Waals surface area contributed by atoms with Gasteiger partial charge in [0.25, 0.3) is 0 Å². The molecule has 0 amide bonds. The molecule has 7 nitrogen and oxygen atoms in total. The molecule has 1 saturated heterocycles. The molecule has 8 heteroatoms. The molecule has 2 fully saturated rings. The zero-order valence-electron chi connectivity index (χ0n) is 19.2. The summed E-state index contributed by atoms with van der Waals surface area (Å²) in [6.45, 7) is 8.19. The number of nitrogens with one attached hydrogen (secondary N) is 2. The summed E-state index contributed by atoms with van der Waals surface area (Å²) >= 11 is 0. The van der Waals surface area contributed by atoms with Gasteiger partial charge in [-0.05, 0) is 37.5 Å². The lowest BCUT2D eigenvalue weighted by atomic mass is 9.80. The second-order valence-electron chi connectivity index (χ2n) is 8.12. The Bertz CT molecular complexity index is 689. The van der Waals surface area contributed by atoms with Crippen molar-refractivity contribution in [3.8, 4) is 11.5 Å². The van der Waals surface area contributed by atoms with Gasteiger partial charge in [-0.25, -0.2) is 4.99 Å². The van der Waals surface area contributed by atoms with E-state index in [9.17, 15) is 0 Å². The van der Waals surface area contributed by atoms with E-state index >= 15 is 0 Å². The molecule has 0 unspecified atom stereocenters. The van der Waals surface area contributed by atoms with Crippen LogP contribution in [0, 0.1) is 0 Å². The van der Waals surface area contributed by atoms with Gasteiger partial charge in [-0.1, -0.05) is 25.3 Å². The molecule has 0 spiro atoms. The maximum absolute atomic E-state index is 5.61. The Balaban J connectivity index is 0.00000341. The van der Waals surface area contributed by atoms with Gasteiger partial charge in [0.05, 0.1) is 34.0 Å². The van der Waals surface area contributed by atoms with Crippen molar-refractivity contribution in [2.75, 3.05) is 53.6 Å². The zero-order valence-corrected chi connectivity index (χ0v) is 21.6. The monoisotopic (exact) mass is 546 g/mol. The summed E-state index contributed by atoms with van der Waals surface area (Å²) < 4.78 is 16.4. The maximum atomic E-state index is 5.61. The number of halogens is 1. The van der Waals surface area contributed by atoms with Crippen molar-refractivity contribution in [2.24, 2.45) is 4.99 Å². The Morgan fingerprint density at radius 2 is 1.77 bits per heavy atom. The van der Waals surface area contributed by atoms with Crippen LogP contribution in [0.3, 0.4) is 0 Å². The van der Waals surface area contributed by atoms with Crippen molar-refractivity contribution in [1.29, 1.82) is 0 Å². The Kier molecular flexibility index (Phi) is 11.2. The first-order chi connectivity index (χ1) is 14.7. The van der Waals surface area contributed by atoms with Crippen LogP contribution >= 0.6 is 24.0 Å². The summed E-state index contributed by atoms with van der Waals surface area (Å²) in [5, 5.41) is 7.05. The lowest BCUT2D eigenvalue weighted by Gasteiger charge is -2.48. The highest BCUT2D eigenvalue weighted by atomic mass is 127. The van der Waals surface area contributed by atoms with Crippen LogP contribution in [0.5, 0.6) is 11.5 Å². The first kappa shape index (κ1) is 26.0. The molecule has 1 aromatic rings. The van der Waals surface area contributed by atoms with E-state index in [1.165, 1.54) is 32.1 Å². The minimum atomic E-state index is 0. The van der Waals surface area contributed by atoms with Gasteiger partial charge in [0.1, 0.15) is 0 Å². The quantitative estimate of drug-likeness (QED) is 0.296. The van der Waals surface area contributed by atoms with Crippen LogP contribution in [0.15, 0.2) is 23.2 Å². The van der Waals surface area contributed by atoms with Crippen LogP contribution in [0.2, 0.25) is 0 Å². The van der Waals surface area contributed by atoms with Crippen LogP contribution in [-0.4, -0.2) is 70.0 Å². The molecule has 31 heavy (non-hydrogen) atoms. The van der Waals surface area contributed by atoms with Crippen LogP contribution in [0.4, 0.5) is 0 Å². The van der Waals surface area contributed by atoms with E-state index in [1.807, 2.05) is 18.2 Å². The third-order valence-corrected chi connectivity index (χ3v) is 6.26. The van der Waals surface area contributed by atoms with E-state index in [4.69, 9.17) is 19.2 Å². The third-order valence-electron chi connectivity index (χ3n) is 6.26. The average molecular weight is 546 g/mol. The molecule has 0 bridgehead atoms. The SMILES string of the molecule is CCNC(=NCc1ccc(OC)c(OC)c1)NCC1(N2CCOCC2)CCCCC1.I. The number of ether oxygens (including phenoxy) is 3. The number of hydrogen-bond acceptors (Lipinski definition) is 5. The summed E-state index contributed by atoms with van der Waals surface area (Å²) in [5.41, 5.74) is 1.30. The van der Waals surface area contributed by atoms with Crippen molar-refractivity contribution < 1.29 is 14.2 Å². The summed E-state index contributed by atoms with van der Waals surface area (Å²) in [6, 6.07) is 5.95. The van der Waals surface area contributed by atoms with Gasteiger partial charge >= 0.3 is 0 Å². The van der Waals surface area contributed by atoms with E-state index in [0.717, 1.165) is 62.4 Å². The normalized spacial score (nSPS) is 19.3. The fourth-order valence-electron chi connectivity index (χ4n) is 4.59. The highest BCUT2D eigenvalue weighted by Gasteiger charge is 2.38. The first-order valence-corrected chi connectivity index (χ1v) is 11.3. The van der Waals surface area contributed by atoms with Gasteiger partial charge < -0.3 is 24.8 Å². The van der Waals surface area contributed by atoms with E-state index in [-0.39, 0.29) is 29.5 Å². The molecular weight excluding hydrogens is 507 g/mol. The molecule has 0 aromatic heterocycles. The molecule has 176 valence electrons. The molecule has 1 aliphatic carbocycles. The number of hydrogen-bond donors (Lipinski definition) is 2. The van der Waals surface area contributed by atoms with Crippen molar-refractivity contribution in [1.82, 2.24) is 15.5 Å². The van der Waals surface area contributed by atoms with Crippen molar-refractivity contribution in [3.05, 3.63) is 23.8 Å². The van der Waals surface area contributed by atoms with Gasteiger partial charge in [-0.2, -0.15) is 0 Å². The average Bonchev–Trinajstić information content (AvgIpc) is 2.81. The van der Waals surface area contributed by atoms with Crippen LogP contribution < -0.4 is 20.1 Å². The van der Waals surface area contributed by atoms with Gasteiger partial charge in [0.2, 0.25) is 0 Å². The number of methoxy groups -OCH3 is 2.